The van der Waals surface area contributed by atoms with Gasteiger partial charge in [0.25, 0.3) is 0 Å². The van der Waals surface area contributed by atoms with Gasteiger partial charge in [0, 0.05) is 6.04 Å². The Balaban J connectivity index is 1.52. The van der Waals surface area contributed by atoms with Gasteiger partial charge in [-0.1, -0.05) is 50.3 Å². The van der Waals surface area contributed by atoms with Gasteiger partial charge in [-0.15, -0.1) is 0 Å². The van der Waals surface area contributed by atoms with Crippen molar-refractivity contribution >= 4 is 5.97 Å². The molecule has 1 saturated heterocycles. The largest absolute Gasteiger partial charge is 0.481 e. The van der Waals surface area contributed by atoms with Gasteiger partial charge in [-0.05, 0) is 82.5 Å². The summed E-state index contributed by atoms with van der Waals surface area (Å²) in [6.45, 7) is 8.74. The zero-order chi connectivity index (χ0) is 25.7. The summed E-state index contributed by atoms with van der Waals surface area (Å²) in [6, 6.07) is -0.120. The van der Waals surface area contributed by atoms with Crippen LogP contribution in [-0.2, 0) is 14.3 Å². The van der Waals surface area contributed by atoms with E-state index in [4.69, 9.17) is 9.47 Å². The van der Waals surface area contributed by atoms with E-state index >= 15 is 0 Å². The first-order valence-electron chi connectivity index (χ1n) is 13.2. The first kappa shape index (κ1) is 27.9. The fourth-order valence-corrected chi connectivity index (χ4v) is 5.48. The number of carbonyl (C=O) groups is 1. The molecule has 3 rings (SSSR count). The number of likely N-dealkylation sites (N-methyl/N-ethyl adjacent to an activating group) is 1. The second-order valence-corrected chi connectivity index (χ2v) is 10.8. The van der Waals surface area contributed by atoms with Crippen molar-refractivity contribution in [2.75, 3.05) is 14.1 Å². The smallest absolute Gasteiger partial charge is 0.305 e. The molecule has 0 bridgehead atoms. The van der Waals surface area contributed by atoms with Crippen molar-refractivity contribution < 1.29 is 24.5 Å². The molecule has 0 unspecified atom stereocenters. The minimum atomic E-state index is -0.872. The molecule has 6 nitrogen and oxygen atoms in total. The molecule has 1 aliphatic carbocycles. The van der Waals surface area contributed by atoms with Crippen LogP contribution < -0.4 is 0 Å². The highest BCUT2D eigenvalue weighted by molar-refractivity contribution is 5.67. The quantitative estimate of drug-likeness (QED) is 0.433. The maximum atomic E-state index is 11.2. The van der Waals surface area contributed by atoms with E-state index in [1.165, 1.54) is 11.1 Å². The van der Waals surface area contributed by atoms with Gasteiger partial charge in [0.05, 0.1) is 30.8 Å². The SMILES string of the molecule is CC[C@H]1O[C@@H](/C(C)=C/C/C=C\[C@H]2[C@@H](C)[C@@H]2/C=C/[C@@H]2O[C@H](CC(=O)O)C[C@H](N(C)C)[C@H]2O)CC=C1C. The van der Waals surface area contributed by atoms with E-state index < -0.39 is 18.2 Å². The average Bonchev–Trinajstić information content (AvgIpc) is 3.43. The van der Waals surface area contributed by atoms with Crippen LogP contribution in [0.4, 0.5) is 0 Å². The van der Waals surface area contributed by atoms with Gasteiger partial charge in [-0.2, -0.15) is 0 Å². The summed E-state index contributed by atoms with van der Waals surface area (Å²) in [4.78, 5) is 13.2. The molecule has 6 heteroatoms. The van der Waals surface area contributed by atoms with Crippen LogP contribution in [-0.4, -0.2) is 71.7 Å². The molecule has 0 aromatic carbocycles. The molecule has 3 aliphatic rings. The molecule has 35 heavy (non-hydrogen) atoms. The minimum absolute atomic E-state index is 0.0412. The third-order valence-electron chi connectivity index (χ3n) is 7.99. The Hall–Kier alpha value is -1.73. The van der Waals surface area contributed by atoms with E-state index in [2.05, 4.69) is 58.1 Å². The standard InChI is InChI=1S/C29H45NO5/c1-7-25-19(3)12-14-26(35-25)18(2)10-8-9-11-22-20(4)23(22)13-15-27-29(33)24(30(5)6)16-21(34-27)17-28(31)32/h9-13,15,20-27,29,33H,7-8,14,16-17H2,1-6H3,(H,31,32)/b11-9-,15-13+,18-10+/t20-,21+,22+,23+,24+,25-,26-,27+,29-/m1/s1. The number of nitrogens with zero attached hydrogens (tertiary/aromatic N) is 1. The van der Waals surface area contributed by atoms with Gasteiger partial charge < -0.3 is 24.6 Å². The number of carboxylic acid groups (broad SMARTS) is 1. The van der Waals surface area contributed by atoms with Crippen LogP contribution in [0.5, 0.6) is 0 Å². The topological polar surface area (TPSA) is 79.2 Å². The maximum Gasteiger partial charge on any atom is 0.305 e. The summed E-state index contributed by atoms with van der Waals surface area (Å²) >= 11 is 0. The molecule has 0 radical (unpaired) electrons. The Morgan fingerprint density at radius 1 is 1.20 bits per heavy atom. The lowest BCUT2D eigenvalue weighted by atomic mass is 9.92. The van der Waals surface area contributed by atoms with Gasteiger partial charge in [0.2, 0.25) is 0 Å². The lowest BCUT2D eigenvalue weighted by Gasteiger charge is -2.41. The Morgan fingerprint density at radius 2 is 1.91 bits per heavy atom. The molecule has 0 aromatic rings. The average molecular weight is 488 g/mol. The predicted octanol–water partition coefficient (Wildman–Crippen LogP) is 4.75. The summed E-state index contributed by atoms with van der Waals surface area (Å²) in [5.41, 5.74) is 2.64. The van der Waals surface area contributed by atoms with Crippen molar-refractivity contribution in [1.82, 2.24) is 4.90 Å². The summed E-state index contributed by atoms with van der Waals surface area (Å²) in [6.07, 6.45) is 15.5. The van der Waals surface area contributed by atoms with Crippen LogP contribution in [0, 0.1) is 17.8 Å². The fraction of sp³-hybridized carbons (Fsp3) is 0.690. The fourth-order valence-electron chi connectivity index (χ4n) is 5.48. The number of allylic oxidation sites excluding steroid dienone is 4. The Kier molecular flexibility index (Phi) is 9.94. The molecule has 0 aromatic heterocycles. The minimum Gasteiger partial charge on any atom is -0.481 e. The number of ether oxygens (including phenoxy) is 2. The van der Waals surface area contributed by atoms with E-state index in [0.717, 1.165) is 19.3 Å². The molecule has 2 N–H and O–H groups in total. The van der Waals surface area contributed by atoms with Crippen molar-refractivity contribution in [2.45, 2.75) is 96.4 Å². The second-order valence-electron chi connectivity index (χ2n) is 10.8. The normalized spacial score (nSPS) is 38.3. The molecule has 2 fully saturated rings. The number of aliphatic hydroxyl groups is 1. The Morgan fingerprint density at radius 3 is 2.57 bits per heavy atom. The second kappa shape index (κ2) is 12.5. The van der Waals surface area contributed by atoms with Crippen molar-refractivity contribution in [3.63, 3.8) is 0 Å². The van der Waals surface area contributed by atoms with Gasteiger partial charge >= 0.3 is 5.97 Å². The highest BCUT2D eigenvalue weighted by atomic mass is 16.5. The molecule has 2 heterocycles. The van der Waals surface area contributed by atoms with Crippen LogP contribution in [0.25, 0.3) is 0 Å². The zero-order valence-electron chi connectivity index (χ0n) is 22.3. The third-order valence-corrected chi connectivity index (χ3v) is 7.99. The number of hydrogen-bond acceptors (Lipinski definition) is 5. The lowest BCUT2D eigenvalue weighted by Crippen LogP contribution is -2.53. The number of aliphatic hydroxyl groups excluding tert-OH is 1. The monoisotopic (exact) mass is 487 g/mol. The summed E-state index contributed by atoms with van der Waals surface area (Å²) < 4.78 is 12.2. The Labute approximate surface area is 211 Å². The molecule has 1 saturated carbocycles. The van der Waals surface area contributed by atoms with E-state index in [1.807, 2.05) is 25.1 Å². The van der Waals surface area contributed by atoms with Crippen LogP contribution in [0.3, 0.4) is 0 Å². The maximum absolute atomic E-state index is 11.2. The van der Waals surface area contributed by atoms with Crippen molar-refractivity contribution in [2.24, 2.45) is 17.8 Å². The molecule has 9 atom stereocenters. The molecule has 196 valence electrons. The highest BCUT2D eigenvalue weighted by Gasteiger charge is 2.43. The first-order valence-corrected chi connectivity index (χ1v) is 13.2. The zero-order valence-corrected chi connectivity index (χ0v) is 22.3. The third kappa shape index (κ3) is 7.39. The van der Waals surface area contributed by atoms with Crippen LogP contribution in [0.15, 0.2) is 47.6 Å². The molecular formula is C29H45NO5. The highest BCUT2D eigenvalue weighted by Crippen LogP contribution is 2.48. The molecule has 2 aliphatic heterocycles. The number of rotatable bonds is 10. The van der Waals surface area contributed by atoms with Gasteiger partial charge in [0.1, 0.15) is 6.10 Å². The van der Waals surface area contributed by atoms with Crippen molar-refractivity contribution in [3.8, 4) is 0 Å². The van der Waals surface area contributed by atoms with Crippen LogP contribution in [0.1, 0.15) is 59.8 Å². The van der Waals surface area contributed by atoms with Crippen molar-refractivity contribution in [3.05, 3.63) is 47.6 Å². The molecule has 0 spiro atoms. The summed E-state index contributed by atoms with van der Waals surface area (Å²) in [7, 11) is 3.83. The molecular weight excluding hydrogens is 442 g/mol. The van der Waals surface area contributed by atoms with Crippen LogP contribution in [0.2, 0.25) is 0 Å². The van der Waals surface area contributed by atoms with Crippen molar-refractivity contribution in [1.29, 1.82) is 0 Å². The van der Waals surface area contributed by atoms with Gasteiger partial charge in [-0.3, -0.25) is 4.79 Å². The molecule has 0 amide bonds. The van der Waals surface area contributed by atoms with E-state index in [-0.39, 0.29) is 30.8 Å². The van der Waals surface area contributed by atoms with E-state index in [1.54, 1.807) is 0 Å². The first-order chi connectivity index (χ1) is 16.6. The van der Waals surface area contributed by atoms with E-state index in [9.17, 15) is 15.0 Å². The van der Waals surface area contributed by atoms with Gasteiger partial charge in [-0.25, -0.2) is 0 Å². The number of aliphatic carboxylic acids is 1. The van der Waals surface area contributed by atoms with E-state index in [0.29, 0.717) is 24.2 Å². The predicted molar refractivity (Wildman–Crippen MR) is 139 cm³/mol. The Bertz CT molecular complexity index is 844. The van der Waals surface area contributed by atoms with Gasteiger partial charge in [0.15, 0.2) is 0 Å². The summed E-state index contributed by atoms with van der Waals surface area (Å²) in [5.74, 6) is 0.586. The van der Waals surface area contributed by atoms with Crippen LogP contribution >= 0.6 is 0 Å². The number of hydrogen-bond donors (Lipinski definition) is 2. The summed E-state index contributed by atoms with van der Waals surface area (Å²) in [5, 5.41) is 20.0. The lowest BCUT2D eigenvalue weighted by molar-refractivity contribution is -0.153. The number of carboxylic acids is 1.